The number of nitrogens with one attached hydrogen (secondary N) is 1. The van der Waals surface area contributed by atoms with Gasteiger partial charge in [-0.1, -0.05) is 6.92 Å². The Hall–Kier alpha value is -0.120. The molecule has 0 unspecified atom stereocenters. The molecule has 0 aliphatic carbocycles. The Labute approximate surface area is 81.8 Å². The van der Waals surface area contributed by atoms with Gasteiger partial charge in [0.1, 0.15) is 0 Å². The van der Waals surface area contributed by atoms with E-state index in [1.165, 1.54) is 0 Å². The second kappa shape index (κ2) is 7.30. The first kappa shape index (κ1) is 12.9. The maximum absolute atomic E-state index is 5.35. The molecule has 3 nitrogen and oxygen atoms in total. The van der Waals surface area contributed by atoms with Gasteiger partial charge in [-0.3, -0.25) is 0 Å². The van der Waals surface area contributed by atoms with Crippen LogP contribution in [0.1, 0.15) is 27.2 Å². The fraction of sp³-hybridized carbons (Fsp3) is 1.00. The molecule has 0 aromatic rings. The molecule has 0 aromatic carbocycles. The van der Waals surface area contributed by atoms with Crippen LogP contribution in [-0.4, -0.2) is 39.0 Å². The van der Waals surface area contributed by atoms with Crippen LogP contribution in [0, 0.1) is 0 Å². The second-order valence-corrected chi connectivity index (χ2v) is 3.86. The van der Waals surface area contributed by atoms with E-state index in [9.17, 15) is 0 Å². The van der Waals surface area contributed by atoms with Crippen molar-refractivity contribution in [2.45, 2.75) is 32.7 Å². The molecule has 0 rings (SSSR count). The van der Waals surface area contributed by atoms with Crippen molar-refractivity contribution in [3.8, 4) is 0 Å². The summed E-state index contributed by atoms with van der Waals surface area (Å²) in [5.41, 5.74) is 0.0460. The van der Waals surface area contributed by atoms with Crippen molar-refractivity contribution < 1.29 is 9.47 Å². The van der Waals surface area contributed by atoms with Crippen molar-refractivity contribution in [1.29, 1.82) is 0 Å². The Morgan fingerprint density at radius 2 is 1.92 bits per heavy atom. The van der Waals surface area contributed by atoms with Gasteiger partial charge >= 0.3 is 0 Å². The molecule has 0 fully saturated rings. The zero-order chi connectivity index (χ0) is 10.2. The van der Waals surface area contributed by atoms with E-state index < -0.39 is 0 Å². The molecule has 0 amide bonds. The van der Waals surface area contributed by atoms with E-state index in [2.05, 4.69) is 26.1 Å². The topological polar surface area (TPSA) is 30.5 Å². The molecule has 0 bridgehead atoms. The quantitative estimate of drug-likeness (QED) is 0.586. The summed E-state index contributed by atoms with van der Waals surface area (Å²) in [6.07, 6.45) is 1.08. The molecule has 0 radical (unpaired) electrons. The van der Waals surface area contributed by atoms with Gasteiger partial charge in [-0.2, -0.15) is 0 Å². The van der Waals surface area contributed by atoms with Gasteiger partial charge in [-0.25, -0.2) is 0 Å². The summed E-state index contributed by atoms with van der Waals surface area (Å²) in [6.45, 7) is 9.60. The lowest BCUT2D eigenvalue weighted by molar-refractivity contribution is 0.104. The summed E-state index contributed by atoms with van der Waals surface area (Å²) in [7, 11) is 1.72. The van der Waals surface area contributed by atoms with Gasteiger partial charge in [0, 0.05) is 25.8 Å². The molecule has 0 aromatic heterocycles. The summed E-state index contributed by atoms with van der Waals surface area (Å²) in [5, 5.41) is 3.37. The summed E-state index contributed by atoms with van der Waals surface area (Å²) in [6, 6.07) is 0. The molecule has 80 valence electrons. The minimum atomic E-state index is 0.0460. The van der Waals surface area contributed by atoms with Crippen molar-refractivity contribution in [2.75, 3.05) is 33.5 Å². The summed E-state index contributed by atoms with van der Waals surface area (Å²) < 4.78 is 10.4. The molecule has 0 heterocycles. The van der Waals surface area contributed by atoms with Crippen LogP contribution in [0.4, 0.5) is 0 Å². The molecule has 0 saturated heterocycles. The smallest absolute Gasteiger partial charge is 0.0639 e. The summed E-state index contributed by atoms with van der Waals surface area (Å²) in [4.78, 5) is 0. The maximum atomic E-state index is 5.35. The lowest BCUT2D eigenvalue weighted by Crippen LogP contribution is -2.44. The summed E-state index contributed by atoms with van der Waals surface area (Å²) >= 11 is 0. The van der Waals surface area contributed by atoms with Gasteiger partial charge in [0.25, 0.3) is 0 Å². The van der Waals surface area contributed by atoms with Gasteiger partial charge in [0.15, 0.2) is 0 Å². The normalized spacial score (nSPS) is 12.0. The third kappa shape index (κ3) is 8.22. The summed E-state index contributed by atoms with van der Waals surface area (Å²) in [5.74, 6) is 0. The average molecular weight is 189 g/mol. The van der Waals surface area contributed by atoms with E-state index in [-0.39, 0.29) is 5.54 Å². The Balaban J connectivity index is 3.29. The third-order valence-corrected chi connectivity index (χ3v) is 1.70. The molecule has 0 aliphatic heterocycles. The highest BCUT2D eigenvalue weighted by Gasteiger charge is 2.15. The molecule has 13 heavy (non-hydrogen) atoms. The van der Waals surface area contributed by atoms with Crippen molar-refractivity contribution in [2.24, 2.45) is 0 Å². The highest BCUT2D eigenvalue weighted by Crippen LogP contribution is 2.00. The van der Waals surface area contributed by atoms with Crippen molar-refractivity contribution in [1.82, 2.24) is 5.32 Å². The van der Waals surface area contributed by atoms with Gasteiger partial charge in [-0.05, 0) is 20.3 Å². The number of methoxy groups -OCH3 is 1. The Morgan fingerprint density at radius 3 is 2.46 bits per heavy atom. The predicted octanol–water partition coefficient (Wildman–Crippen LogP) is 1.43. The van der Waals surface area contributed by atoms with Gasteiger partial charge in [0.2, 0.25) is 0 Å². The SMILES string of the molecule is CCCOCCNC(C)(C)COC. The zero-order valence-electron chi connectivity index (χ0n) is 9.35. The minimum Gasteiger partial charge on any atom is -0.383 e. The largest absolute Gasteiger partial charge is 0.383 e. The van der Waals surface area contributed by atoms with E-state index in [1.54, 1.807) is 7.11 Å². The van der Waals surface area contributed by atoms with Crippen LogP contribution in [0.15, 0.2) is 0 Å². The number of hydrogen-bond donors (Lipinski definition) is 1. The van der Waals surface area contributed by atoms with E-state index in [0.717, 1.165) is 32.8 Å². The Bertz CT molecular complexity index is 115. The molecule has 0 spiro atoms. The lowest BCUT2D eigenvalue weighted by atomic mass is 10.1. The maximum Gasteiger partial charge on any atom is 0.0639 e. The fourth-order valence-electron chi connectivity index (χ4n) is 1.12. The highest BCUT2D eigenvalue weighted by atomic mass is 16.5. The van der Waals surface area contributed by atoms with Crippen LogP contribution in [0.3, 0.4) is 0 Å². The third-order valence-electron chi connectivity index (χ3n) is 1.70. The average Bonchev–Trinajstić information content (AvgIpc) is 2.04. The molecule has 0 atom stereocenters. The number of rotatable bonds is 8. The van der Waals surface area contributed by atoms with Crippen molar-refractivity contribution in [3.05, 3.63) is 0 Å². The lowest BCUT2D eigenvalue weighted by Gasteiger charge is -2.25. The Morgan fingerprint density at radius 1 is 1.23 bits per heavy atom. The monoisotopic (exact) mass is 189 g/mol. The molecule has 1 N–H and O–H groups in total. The van der Waals surface area contributed by atoms with E-state index in [4.69, 9.17) is 9.47 Å². The van der Waals surface area contributed by atoms with Crippen molar-refractivity contribution in [3.63, 3.8) is 0 Å². The minimum absolute atomic E-state index is 0.0460. The van der Waals surface area contributed by atoms with Crippen LogP contribution >= 0.6 is 0 Å². The van der Waals surface area contributed by atoms with E-state index in [1.807, 2.05) is 0 Å². The van der Waals surface area contributed by atoms with Gasteiger partial charge < -0.3 is 14.8 Å². The van der Waals surface area contributed by atoms with Gasteiger partial charge in [0.05, 0.1) is 13.2 Å². The van der Waals surface area contributed by atoms with Crippen LogP contribution in [0.25, 0.3) is 0 Å². The molecule has 0 saturated carbocycles. The fourth-order valence-corrected chi connectivity index (χ4v) is 1.12. The molecule has 3 heteroatoms. The molecular formula is C10H23NO2. The van der Waals surface area contributed by atoms with Crippen LogP contribution in [0.5, 0.6) is 0 Å². The first-order valence-corrected chi connectivity index (χ1v) is 4.94. The van der Waals surface area contributed by atoms with Crippen LogP contribution in [-0.2, 0) is 9.47 Å². The van der Waals surface area contributed by atoms with Crippen LogP contribution in [0.2, 0.25) is 0 Å². The zero-order valence-corrected chi connectivity index (χ0v) is 9.35. The van der Waals surface area contributed by atoms with Crippen molar-refractivity contribution >= 4 is 0 Å². The molecular weight excluding hydrogens is 166 g/mol. The number of ether oxygens (including phenoxy) is 2. The predicted molar refractivity (Wildman–Crippen MR) is 55.1 cm³/mol. The first-order valence-electron chi connectivity index (χ1n) is 4.94. The standard InChI is InChI=1S/C10H23NO2/c1-5-7-13-8-6-11-10(2,3)9-12-4/h11H,5-9H2,1-4H3. The highest BCUT2D eigenvalue weighted by molar-refractivity contribution is 4.76. The van der Waals surface area contributed by atoms with E-state index >= 15 is 0 Å². The molecule has 0 aliphatic rings. The second-order valence-electron chi connectivity index (χ2n) is 3.86. The van der Waals surface area contributed by atoms with E-state index in [0.29, 0.717) is 0 Å². The van der Waals surface area contributed by atoms with Crippen LogP contribution < -0.4 is 5.32 Å². The number of hydrogen-bond acceptors (Lipinski definition) is 3. The van der Waals surface area contributed by atoms with Gasteiger partial charge in [-0.15, -0.1) is 0 Å². The Kier molecular flexibility index (Phi) is 7.23. The first-order chi connectivity index (χ1) is 6.12.